The molecule has 112 valence electrons. The summed E-state index contributed by atoms with van der Waals surface area (Å²) < 4.78 is 7.36. The maximum Gasteiger partial charge on any atom is 0.281 e. The van der Waals surface area contributed by atoms with Gasteiger partial charge in [-0.15, -0.1) is 0 Å². The van der Waals surface area contributed by atoms with Crippen LogP contribution in [0, 0.1) is 0 Å². The predicted octanol–water partition coefficient (Wildman–Crippen LogP) is 2.32. The average Bonchev–Trinajstić information content (AvgIpc) is 3.19. The van der Waals surface area contributed by atoms with E-state index in [0.717, 1.165) is 17.0 Å². The minimum atomic E-state index is -0.304. The van der Waals surface area contributed by atoms with E-state index in [2.05, 4.69) is 5.43 Å². The molecule has 0 spiro atoms. The summed E-state index contributed by atoms with van der Waals surface area (Å²) in [5.41, 5.74) is 4.85. The average molecular weight is 295 g/mol. The highest BCUT2D eigenvalue weighted by Crippen LogP contribution is 2.17. The van der Waals surface area contributed by atoms with Crippen LogP contribution in [-0.4, -0.2) is 10.5 Å². The van der Waals surface area contributed by atoms with Crippen molar-refractivity contribution in [2.75, 3.05) is 0 Å². The van der Waals surface area contributed by atoms with Crippen LogP contribution in [0.2, 0.25) is 0 Å². The zero-order valence-electron chi connectivity index (χ0n) is 12.0. The van der Waals surface area contributed by atoms with Gasteiger partial charge in [0, 0.05) is 18.7 Å². The molecule has 3 aromatic rings. The number of carbonyl (C=O) groups excluding carboxylic acids is 1. The monoisotopic (exact) mass is 295 g/mol. The lowest BCUT2D eigenvalue weighted by atomic mass is 10.2. The van der Waals surface area contributed by atoms with Gasteiger partial charge in [-0.25, -0.2) is 5.84 Å². The summed E-state index contributed by atoms with van der Waals surface area (Å²) in [7, 11) is 0. The summed E-state index contributed by atoms with van der Waals surface area (Å²) in [6, 6.07) is 17.5. The Hall–Kier alpha value is -2.79. The number of nitrogens with zero attached hydrogens (tertiary/aromatic N) is 1. The van der Waals surface area contributed by atoms with Gasteiger partial charge < -0.3 is 8.98 Å². The Labute approximate surface area is 128 Å². The second-order valence-electron chi connectivity index (χ2n) is 5.01. The Kier molecular flexibility index (Phi) is 4.07. The summed E-state index contributed by atoms with van der Waals surface area (Å²) in [6.45, 7) is 0.604. The number of nitrogens with one attached hydrogen (secondary N) is 1. The first-order valence-electron chi connectivity index (χ1n) is 7.03. The Morgan fingerprint density at radius 1 is 1.09 bits per heavy atom. The first-order chi connectivity index (χ1) is 10.8. The minimum Gasteiger partial charge on any atom is -0.469 e. The number of amides is 1. The summed E-state index contributed by atoms with van der Waals surface area (Å²) >= 11 is 0. The smallest absolute Gasteiger partial charge is 0.281 e. The molecule has 0 saturated carbocycles. The molecule has 0 aliphatic heterocycles. The second kappa shape index (κ2) is 6.32. The number of hydrogen-bond donors (Lipinski definition) is 2. The van der Waals surface area contributed by atoms with Crippen LogP contribution in [-0.2, 0) is 13.0 Å². The van der Waals surface area contributed by atoms with Crippen molar-refractivity contribution in [2.45, 2.75) is 13.0 Å². The van der Waals surface area contributed by atoms with Crippen LogP contribution in [0.25, 0.3) is 0 Å². The van der Waals surface area contributed by atoms with Gasteiger partial charge >= 0.3 is 0 Å². The third-order valence-corrected chi connectivity index (χ3v) is 3.55. The zero-order chi connectivity index (χ0) is 15.4. The van der Waals surface area contributed by atoms with Crippen LogP contribution < -0.4 is 11.3 Å². The first kappa shape index (κ1) is 14.2. The molecule has 0 fully saturated rings. The highest BCUT2D eigenvalue weighted by molar-refractivity contribution is 5.92. The molecule has 2 aromatic heterocycles. The van der Waals surface area contributed by atoms with Gasteiger partial charge in [0.2, 0.25) is 0 Å². The maximum atomic E-state index is 12.0. The van der Waals surface area contributed by atoms with Crippen LogP contribution in [0.3, 0.4) is 0 Å². The van der Waals surface area contributed by atoms with E-state index >= 15 is 0 Å². The Morgan fingerprint density at radius 2 is 1.91 bits per heavy atom. The van der Waals surface area contributed by atoms with Crippen LogP contribution in [0.1, 0.15) is 27.5 Å². The standard InChI is InChI=1S/C17H17N3O2/c18-19-17(21)16-9-8-14(11-15-7-4-10-22-15)20(16)12-13-5-2-1-3-6-13/h1-10H,11-12,18H2,(H,19,21). The topological polar surface area (TPSA) is 73.2 Å². The van der Waals surface area contributed by atoms with Crippen LogP contribution in [0.15, 0.2) is 65.3 Å². The Bertz CT molecular complexity index is 746. The fourth-order valence-corrected chi connectivity index (χ4v) is 2.48. The molecule has 0 bridgehead atoms. The molecule has 3 N–H and O–H groups in total. The molecule has 2 heterocycles. The van der Waals surface area contributed by atoms with Crippen molar-refractivity contribution in [1.29, 1.82) is 0 Å². The van der Waals surface area contributed by atoms with Crippen molar-refractivity contribution in [3.63, 3.8) is 0 Å². The number of hydrogen-bond acceptors (Lipinski definition) is 3. The molecular weight excluding hydrogens is 278 g/mol. The zero-order valence-corrected chi connectivity index (χ0v) is 12.0. The molecule has 0 unspecified atom stereocenters. The van der Waals surface area contributed by atoms with E-state index < -0.39 is 0 Å². The quantitative estimate of drug-likeness (QED) is 0.431. The summed E-state index contributed by atoms with van der Waals surface area (Å²) in [6.07, 6.45) is 2.27. The molecule has 1 amide bonds. The van der Waals surface area contributed by atoms with E-state index in [1.165, 1.54) is 0 Å². The van der Waals surface area contributed by atoms with Gasteiger partial charge in [0.05, 0.1) is 6.26 Å². The lowest BCUT2D eigenvalue weighted by molar-refractivity contribution is 0.0944. The summed E-state index contributed by atoms with van der Waals surface area (Å²) in [5.74, 6) is 5.83. The van der Waals surface area contributed by atoms with E-state index in [1.807, 2.05) is 53.1 Å². The Balaban J connectivity index is 1.95. The number of carbonyl (C=O) groups is 1. The molecule has 0 radical (unpaired) electrons. The van der Waals surface area contributed by atoms with Crippen molar-refractivity contribution < 1.29 is 9.21 Å². The number of nitrogens with two attached hydrogens (primary N) is 1. The molecule has 0 aliphatic carbocycles. The summed E-state index contributed by atoms with van der Waals surface area (Å²) in [5, 5.41) is 0. The number of hydrazine groups is 1. The Morgan fingerprint density at radius 3 is 2.59 bits per heavy atom. The van der Waals surface area contributed by atoms with Crippen molar-refractivity contribution in [3.05, 3.63) is 83.6 Å². The van der Waals surface area contributed by atoms with Crippen molar-refractivity contribution in [3.8, 4) is 0 Å². The molecule has 22 heavy (non-hydrogen) atoms. The molecule has 1 aromatic carbocycles. The maximum absolute atomic E-state index is 12.0. The van der Waals surface area contributed by atoms with Gasteiger partial charge in [-0.3, -0.25) is 10.2 Å². The van der Waals surface area contributed by atoms with E-state index in [1.54, 1.807) is 12.3 Å². The molecule has 5 nitrogen and oxygen atoms in total. The van der Waals surface area contributed by atoms with Crippen molar-refractivity contribution in [1.82, 2.24) is 9.99 Å². The molecule has 0 aliphatic rings. The van der Waals surface area contributed by atoms with Gasteiger partial charge in [0.25, 0.3) is 5.91 Å². The van der Waals surface area contributed by atoms with E-state index in [0.29, 0.717) is 18.7 Å². The molecule has 0 saturated heterocycles. The van der Waals surface area contributed by atoms with Crippen molar-refractivity contribution >= 4 is 5.91 Å². The van der Waals surface area contributed by atoms with Gasteiger partial charge in [-0.05, 0) is 29.8 Å². The van der Waals surface area contributed by atoms with Crippen LogP contribution in [0.4, 0.5) is 0 Å². The van der Waals surface area contributed by atoms with Crippen LogP contribution >= 0.6 is 0 Å². The minimum absolute atomic E-state index is 0.304. The van der Waals surface area contributed by atoms with Gasteiger partial charge in [-0.1, -0.05) is 30.3 Å². The molecule has 5 heteroatoms. The highest BCUT2D eigenvalue weighted by atomic mass is 16.3. The summed E-state index contributed by atoms with van der Waals surface area (Å²) in [4.78, 5) is 12.0. The first-order valence-corrected chi connectivity index (χ1v) is 7.03. The van der Waals surface area contributed by atoms with Crippen molar-refractivity contribution in [2.24, 2.45) is 5.84 Å². The highest BCUT2D eigenvalue weighted by Gasteiger charge is 2.15. The molecule has 0 atom stereocenters. The number of aromatic nitrogens is 1. The lowest BCUT2D eigenvalue weighted by Gasteiger charge is -2.12. The number of furan rings is 1. The largest absolute Gasteiger partial charge is 0.469 e. The number of benzene rings is 1. The van der Waals surface area contributed by atoms with E-state index in [9.17, 15) is 4.79 Å². The second-order valence-corrected chi connectivity index (χ2v) is 5.01. The normalized spacial score (nSPS) is 10.6. The van der Waals surface area contributed by atoms with Crippen LogP contribution in [0.5, 0.6) is 0 Å². The fraction of sp³-hybridized carbons (Fsp3) is 0.118. The van der Waals surface area contributed by atoms with Gasteiger partial charge in [0.15, 0.2) is 0 Å². The van der Waals surface area contributed by atoms with Gasteiger partial charge in [-0.2, -0.15) is 0 Å². The third-order valence-electron chi connectivity index (χ3n) is 3.55. The molecular formula is C17H17N3O2. The number of rotatable bonds is 5. The van der Waals surface area contributed by atoms with Gasteiger partial charge in [0.1, 0.15) is 11.5 Å². The third kappa shape index (κ3) is 2.94. The SMILES string of the molecule is NNC(=O)c1ccc(Cc2ccco2)n1Cc1ccccc1. The van der Waals surface area contributed by atoms with E-state index in [4.69, 9.17) is 10.3 Å². The lowest BCUT2D eigenvalue weighted by Crippen LogP contribution is -2.32. The number of nitrogen functional groups attached to an aromatic ring is 1. The van der Waals surface area contributed by atoms with E-state index in [-0.39, 0.29) is 5.91 Å². The fourth-order valence-electron chi connectivity index (χ4n) is 2.48. The molecule has 3 rings (SSSR count). The predicted molar refractivity (Wildman–Crippen MR) is 83.1 cm³/mol.